The van der Waals surface area contributed by atoms with Gasteiger partial charge in [-0.05, 0) is 19.3 Å². The number of hydrogen-bond donors (Lipinski definition) is 1. The second kappa shape index (κ2) is 6.85. The molecule has 1 N–H and O–H groups in total. The Kier molecular flexibility index (Phi) is 5.14. The van der Waals surface area contributed by atoms with Gasteiger partial charge < -0.3 is 14.7 Å². The highest BCUT2D eigenvalue weighted by Gasteiger charge is 2.19. The lowest BCUT2D eigenvalue weighted by Gasteiger charge is -2.32. The Labute approximate surface area is 119 Å². The van der Waals surface area contributed by atoms with E-state index in [2.05, 4.69) is 10.00 Å². The molecule has 1 aliphatic rings. The van der Waals surface area contributed by atoms with Crippen molar-refractivity contribution in [2.75, 3.05) is 25.1 Å². The summed E-state index contributed by atoms with van der Waals surface area (Å²) in [7, 11) is 1.74. The van der Waals surface area contributed by atoms with Gasteiger partial charge in [-0.2, -0.15) is 5.10 Å². The van der Waals surface area contributed by atoms with Crippen molar-refractivity contribution >= 4 is 5.69 Å². The number of anilines is 1. The molecule has 0 spiro atoms. The van der Waals surface area contributed by atoms with E-state index in [-0.39, 0.29) is 12.1 Å². The molecular formula is C14H23N3O3. The van der Waals surface area contributed by atoms with Crippen molar-refractivity contribution in [3.8, 4) is 0 Å². The predicted octanol–water partition coefficient (Wildman–Crippen LogP) is 0.629. The van der Waals surface area contributed by atoms with Gasteiger partial charge in [0.2, 0.25) is 0 Å². The summed E-state index contributed by atoms with van der Waals surface area (Å²) in [4.78, 5) is 14.1. The minimum atomic E-state index is -0.525. The first-order chi connectivity index (χ1) is 9.63. The van der Waals surface area contributed by atoms with Crippen molar-refractivity contribution in [1.82, 2.24) is 9.78 Å². The Bertz CT molecular complexity index is 481. The molecule has 1 aliphatic heterocycles. The zero-order chi connectivity index (χ0) is 14.5. The summed E-state index contributed by atoms with van der Waals surface area (Å²) in [6.07, 6.45) is 4.04. The minimum Gasteiger partial charge on any atom is -0.391 e. The first-order valence-corrected chi connectivity index (χ1v) is 7.17. The van der Waals surface area contributed by atoms with E-state index in [0.29, 0.717) is 12.5 Å². The van der Waals surface area contributed by atoms with E-state index in [4.69, 9.17) is 4.74 Å². The molecule has 0 radical (unpaired) electrons. The number of ether oxygens (including phenoxy) is 1. The molecule has 1 saturated heterocycles. The Morgan fingerprint density at radius 2 is 2.20 bits per heavy atom. The normalized spacial score (nSPS) is 18.2. The van der Waals surface area contributed by atoms with Crippen LogP contribution in [0.25, 0.3) is 0 Å². The van der Waals surface area contributed by atoms with E-state index in [1.54, 1.807) is 19.4 Å². The molecule has 6 heteroatoms. The Hall–Kier alpha value is -1.40. The fraction of sp³-hybridized carbons (Fsp3) is 0.714. The summed E-state index contributed by atoms with van der Waals surface area (Å²) in [5.74, 6) is 0. The van der Waals surface area contributed by atoms with Crippen LogP contribution in [0.3, 0.4) is 0 Å². The highest BCUT2D eigenvalue weighted by atomic mass is 16.5. The first-order valence-electron chi connectivity index (χ1n) is 7.17. The topological polar surface area (TPSA) is 67.6 Å². The van der Waals surface area contributed by atoms with Gasteiger partial charge in [0.05, 0.1) is 30.6 Å². The predicted molar refractivity (Wildman–Crippen MR) is 77.0 cm³/mol. The number of aliphatic hydroxyl groups is 1. The zero-order valence-electron chi connectivity index (χ0n) is 12.2. The van der Waals surface area contributed by atoms with Crippen molar-refractivity contribution in [2.24, 2.45) is 0 Å². The van der Waals surface area contributed by atoms with Crippen LogP contribution >= 0.6 is 0 Å². The maximum Gasteiger partial charge on any atom is 0.268 e. The van der Waals surface area contributed by atoms with Gasteiger partial charge in [-0.1, -0.05) is 6.92 Å². The first kappa shape index (κ1) is 15.0. The molecule has 0 amide bonds. The molecule has 0 aromatic carbocycles. The van der Waals surface area contributed by atoms with Crippen LogP contribution in [0, 0.1) is 0 Å². The summed E-state index contributed by atoms with van der Waals surface area (Å²) in [6.45, 7) is 3.88. The average Bonchev–Trinajstić information content (AvgIpc) is 2.49. The lowest BCUT2D eigenvalue weighted by atomic mass is 10.1. The van der Waals surface area contributed by atoms with Gasteiger partial charge in [0.15, 0.2) is 0 Å². The molecule has 6 nitrogen and oxygen atoms in total. The van der Waals surface area contributed by atoms with Gasteiger partial charge >= 0.3 is 0 Å². The zero-order valence-corrected chi connectivity index (χ0v) is 12.2. The summed E-state index contributed by atoms with van der Waals surface area (Å²) < 4.78 is 6.66. The van der Waals surface area contributed by atoms with Gasteiger partial charge in [-0.3, -0.25) is 4.79 Å². The van der Waals surface area contributed by atoms with Crippen LogP contribution in [0.15, 0.2) is 17.1 Å². The number of methoxy groups -OCH3 is 1. The molecule has 1 atom stereocenters. The average molecular weight is 281 g/mol. The molecular weight excluding hydrogens is 258 g/mol. The van der Waals surface area contributed by atoms with Crippen LogP contribution in [0.5, 0.6) is 0 Å². The molecule has 1 fully saturated rings. The van der Waals surface area contributed by atoms with Gasteiger partial charge in [0, 0.05) is 26.3 Å². The Morgan fingerprint density at radius 1 is 1.50 bits per heavy atom. The van der Waals surface area contributed by atoms with Crippen molar-refractivity contribution in [2.45, 2.75) is 44.9 Å². The summed E-state index contributed by atoms with van der Waals surface area (Å²) >= 11 is 0. The number of piperidine rings is 1. The fourth-order valence-electron chi connectivity index (χ4n) is 2.41. The molecule has 20 heavy (non-hydrogen) atoms. The van der Waals surface area contributed by atoms with Gasteiger partial charge in [0.1, 0.15) is 0 Å². The van der Waals surface area contributed by atoms with Crippen LogP contribution in [-0.4, -0.2) is 47.3 Å². The third-order valence-corrected chi connectivity index (χ3v) is 3.85. The van der Waals surface area contributed by atoms with Crippen molar-refractivity contribution < 1.29 is 9.84 Å². The van der Waals surface area contributed by atoms with Gasteiger partial charge in [-0.15, -0.1) is 0 Å². The van der Waals surface area contributed by atoms with Crippen LogP contribution < -0.4 is 10.5 Å². The third kappa shape index (κ3) is 3.58. The van der Waals surface area contributed by atoms with Crippen LogP contribution in [-0.2, 0) is 11.3 Å². The van der Waals surface area contributed by atoms with Crippen molar-refractivity contribution in [3.05, 3.63) is 22.6 Å². The van der Waals surface area contributed by atoms with Crippen LogP contribution in [0.4, 0.5) is 5.69 Å². The molecule has 112 valence electrons. The molecule has 2 rings (SSSR count). The molecule has 0 saturated carbocycles. The second-order valence-corrected chi connectivity index (χ2v) is 5.22. The minimum absolute atomic E-state index is 0.163. The van der Waals surface area contributed by atoms with Gasteiger partial charge in [-0.25, -0.2) is 4.68 Å². The molecule has 0 bridgehead atoms. The largest absolute Gasteiger partial charge is 0.391 e. The van der Waals surface area contributed by atoms with E-state index in [9.17, 15) is 9.90 Å². The highest BCUT2D eigenvalue weighted by molar-refractivity contribution is 5.43. The van der Waals surface area contributed by atoms with Crippen molar-refractivity contribution in [1.29, 1.82) is 0 Å². The van der Waals surface area contributed by atoms with E-state index in [1.165, 1.54) is 4.68 Å². The Morgan fingerprint density at radius 3 is 2.75 bits per heavy atom. The summed E-state index contributed by atoms with van der Waals surface area (Å²) in [5, 5.41) is 13.7. The van der Waals surface area contributed by atoms with Crippen LogP contribution in [0.1, 0.15) is 26.2 Å². The molecule has 2 heterocycles. The van der Waals surface area contributed by atoms with Crippen molar-refractivity contribution in [3.63, 3.8) is 0 Å². The van der Waals surface area contributed by atoms with E-state index in [1.807, 2.05) is 6.92 Å². The standard InChI is InChI=1S/C14H23N3O3/c1-3-12(18)10-17-14(19)8-11(9-15-17)16-6-4-13(20-2)5-7-16/h8-9,12-13,18H,3-7,10H2,1-2H3. The highest BCUT2D eigenvalue weighted by Crippen LogP contribution is 2.18. The maximum absolute atomic E-state index is 12.0. The SMILES string of the molecule is CCC(O)Cn1ncc(N2CCC(OC)CC2)cc1=O. The summed E-state index contributed by atoms with van der Waals surface area (Å²) in [5.41, 5.74) is 0.690. The molecule has 0 aliphatic carbocycles. The van der Waals surface area contributed by atoms with Gasteiger partial charge in [0.25, 0.3) is 5.56 Å². The monoisotopic (exact) mass is 281 g/mol. The number of aromatic nitrogens is 2. The summed E-state index contributed by atoms with van der Waals surface area (Å²) in [6, 6.07) is 1.60. The number of nitrogens with zero attached hydrogens (tertiary/aromatic N) is 3. The fourth-order valence-corrected chi connectivity index (χ4v) is 2.41. The molecule has 1 aromatic heterocycles. The second-order valence-electron chi connectivity index (χ2n) is 5.22. The molecule has 1 unspecified atom stereocenters. The lowest BCUT2D eigenvalue weighted by molar-refractivity contribution is 0.0819. The van der Waals surface area contributed by atoms with Crippen LogP contribution in [0.2, 0.25) is 0 Å². The lowest BCUT2D eigenvalue weighted by Crippen LogP contribution is -2.38. The number of hydrogen-bond acceptors (Lipinski definition) is 5. The third-order valence-electron chi connectivity index (χ3n) is 3.85. The Balaban J connectivity index is 2.04. The van der Waals surface area contributed by atoms with E-state index < -0.39 is 6.10 Å². The quantitative estimate of drug-likeness (QED) is 0.857. The maximum atomic E-state index is 12.0. The van der Waals surface area contributed by atoms with E-state index in [0.717, 1.165) is 31.6 Å². The smallest absolute Gasteiger partial charge is 0.268 e. The number of rotatable bonds is 5. The van der Waals surface area contributed by atoms with E-state index >= 15 is 0 Å². The number of aliphatic hydroxyl groups excluding tert-OH is 1. The molecule has 1 aromatic rings.